The molecule has 6 saturated heterocycles. The average Bonchev–Trinajstić information content (AvgIpc) is 0.748. The summed E-state index contributed by atoms with van der Waals surface area (Å²) >= 11 is 0. The van der Waals surface area contributed by atoms with Crippen LogP contribution in [0.15, 0.2) is 110 Å². The minimum Gasteiger partial charge on any atom is -0.450 e. The van der Waals surface area contributed by atoms with E-state index in [2.05, 4.69) is 59.3 Å². The van der Waals surface area contributed by atoms with Gasteiger partial charge >= 0.3 is 35.8 Å². The van der Waals surface area contributed by atoms with Gasteiger partial charge < -0.3 is 56.8 Å². The fraction of sp³-hybridized carbons (Fsp3) is 0.538. The molecule has 30 nitrogen and oxygen atoms in total. The van der Waals surface area contributed by atoms with Crippen LogP contribution in [0.3, 0.4) is 0 Å². The first-order chi connectivity index (χ1) is 53.0. The molecule has 1 saturated carbocycles. The van der Waals surface area contributed by atoms with E-state index in [4.69, 9.17) is 56.8 Å². The number of carbonyl (C=O) groups excluding carboxylic acids is 6. The summed E-state index contributed by atoms with van der Waals surface area (Å²) in [5.41, 5.74) is 3.43. The molecule has 7 aliphatic rings. The maximum Gasteiger partial charge on any atom is 0.340 e. The molecule has 1 aliphatic carbocycles. The monoisotopic (exact) mass is 1490 g/mol. The van der Waals surface area contributed by atoms with Gasteiger partial charge in [0.1, 0.15) is 0 Å². The summed E-state index contributed by atoms with van der Waals surface area (Å²) in [4.78, 5) is 134. The van der Waals surface area contributed by atoms with Crippen LogP contribution in [0.1, 0.15) is 96.3 Å². The molecule has 0 spiro atoms. The van der Waals surface area contributed by atoms with Crippen molar-refractivity contribution < 1.29 is 85.6 Å². The summed E-state index contributed by atoms with van der Waals surface area (Å²) < 4.78 is 73.1. The highest BCUT2D eigenvalue weighted by Crippen LogP contribution is 2.37. The van der Waals surface area contributed by atoms with Crippen molar-refractivity contribution in [3.05, 3.63) is 178 Å². The molecule has 7 fully saturated rings. The highest BCUT2D eigenvalue weighted by atomic mass is 16.7. The second-order valence-electron chi connectivity index (χ2n) is 27.7. The Morgan fingerprint density at radius 2 is 0.380 bits per heavy atom. The number of morpholine rings is 6. The fourth-order valence-electron chi connectivity index (χ4n) is 13.8. The molecule has 30 heteroatoms. The van der Waals surface area contributed by atoms with E-state index in [1.807, 2.05) is 0 Å². The second kappa shape index (κ2) is 39.6. The van der Waals surface area contributed by atoms with E-state index in [1.165, 1.54) is 73.6 Å². The smallest absolute Gasteiger partial charge is 0.340 e. The highest BCUT2D eigenvalue weighted by Gasteiger charge is 2.62. The van der Waals surface area contributed by atoms with Gasteiger partial charge in [0, 0.05) is 228 Å². The third-order valence-electron chi connectivity index (χ3n) is 20.5. The number of pyridine rings is 6. The number of nitrogens with zero attached hydrogens (tertiary/aromatic N) is 12. The number of rotatable bonds is 30. The SMILES string of the molecule is O=C(OC1C(OC(=O)c2ccc(CCN3CCOCC3)nc2)C(OC(=O)c2ccc(CCN3CCOCC3)nc2)C(OC(=O)c2ccc(CCN3CCOCC3)nc2)C(OC(=O)c2ccc(CCN3CCOCC3)nc2)C1OC(=O)c1ccc(CCN2CCOCC2)nc1)c1ccc(CCN2CCOCC2)nc1. The van der Waals surface area contributed by atoms with Gasteiger partial charge in [-0.3, -0.25) is 59.3 Å². The summed E-state index contributed by atoms with van der Waals surface area (Å²) in [6.45, 7) is 20.4. The van der Waals surface area contributed by atoms with Crippen LogP contribution < -0.4 is 0 Å². The van der Waals surface area contributed by atoms with Gasteiger partial charge in [0.25, 0.3) is 0 Å². The van der Waals surface area contributed by atoms with E-state index in [0.717, 1.165) is 78.5 Å². The Balaban J connectivity index is 0.902. The van der Waals surface area contributed by atoms with Gasteiger partial charge in [-0.15, -0.1) is 0 Å². The first-order valence-corrected chi connectivity index (χ1v) is 37.7. The van der Waals surface area contributed by atoms with Crippen molar-refractivity contribution in [1.82, 2.24) is 59.3 Å². The molecule has 0 atom stereocenters. The van der Waals surface area contributed by atoms with Crippen molar-refractivity contribution in [2.75, 3.05) is 197 Å². The van der Waals surface area contributed by atoms with E-state index in [9.17, 15) is 0 Å². The van der Waals surface area contributed by atoms with Crippen molar-refractivity contribution in [1.29, 1.82) is 0 Å². The van der Waals surface area contributed by atoms with Gasteiger partial charge in [-0.2, -0.15) is 0 Å². The van der Waals surface area contributed by atoms with Gasteiger partial charge in [0.15, 0.2) is 36.6 Å². The molecule has 0 aromatic carbocycles. The molecular weight excluding hydrogens is 1390 g/mol. The molecule has 6 aromatic rings. The molecular formula is C78H96N12O18. The molecule has 0 N–H and O–H groups in total. The Morgan fingerprint density at radius 3 is 0.500 bits per heavy atom. The van der Waals surface area contributed by atoms with Crippen LogP contribution >= 0.6 is 0 Å². The lowest BCUT2D eigenvalue weighted by atomic mass is 9.83. The Hall–Kier alpha value is -8.76. The lowest BCUT2D eigenvalue weighted by molar-refractivity contribution is -0.223. The van der Waals surface area contributed by atoms with Gasteiger partial charge in [0.05, 0.1) is 113 Å². The predicted molar refractivity (Wildman–Crippen MR) is 386 cm³/mol. The summed E-state index contributed by atoms with van der Waals surface area (Å²) in [5, 5.41) is 0. The van der Waals surface area contributed by atoms with E-state index in [-0.39, 0.29) is 33.4 Å². The van der Waals surface area contributed by atoms with Crippen LogP contribution in [0.5, 0.6) is 0 Å². The Kier molecular flexibility index (Phi) is 28.3. The van der Waals surface area contributed by atoms with Crippen LogP contribution in [-0.2, 0) is 95.4 Å². The number of carbonyl (C=O) groups is 6. The van der Waals surface area contributed by atoms with Crippen molar-refractivity contribution in [2.24, 2.45) is 0 Å². The number of aromatic nitrogens is 6. The number of hydrogen-bond donors (Lipinski definition) is 0. The average molecular weight is 1490 g/mol. The summed E-state index contributed by atoms with van der Waals surface area (Å²) in [7, 11) is 0. The molecule has 0 bridgehead atoms. The quantitative estimate of drug-likeness (QED) is 0.0462. The minimum atomic E-state index is -2.10. The maximum absolute atomic E-state index is 15.4. The van der Waals surface area contributed by atoms with Gasteiger partial charge in [0.2, 0.25) is 0 Å². The molecule has 576 valence electrons. The zero-order valence-electron chi connectivity index (χ0n) is 61.0. The van der Waals surface area contributed by atoms with Crippen LogP contribution in [0, 0.1) is 0 Å². The van der Waals surface area contributed by atoms with Crippen LogP contribution in [-0.4, -0.2) is 329 Å². The van der Waals surface area contributed by atoms with E-state index in [0.29, 0.717) is 191 Å². The molecule has 6 aliphatic heterocycles. The normalized spacial score (nSPS) is 22.3. The Morgan fingerprint density at radius 1 is 0.241 bits per heavy atom. The second-order valence-corrected chi connectivity index (χ2v) is 27.7. The van der Waals surface area contributed by atoms with Gasteiger partial charge in [-0.1, -0.05) is 0 Å². The van der Waals surface area contributed by atoms with E-state index < -0.39 is 72.4 Å². The first-order valence-electron chi connectivity index (χ1n) is 37.7. The molecule has 6 aromatic heterocycles. The van der Waals surface area contributed by atoms with Crippen molar-refractivity contribution in [3.8, 4) is 0 Å². The van der Waals surface area contributed by atoms with Crippen LogP contribution in [0.2, 0.25) is 0 Å². The lowest BCUT2D eigenvalue weighted by Gasteiger charge is -2.47. The molecule has 0 unspecified atom stereocenters. The fourth-order valence-corrected chi connectivity index (χ4v) is 13.8. The number of esters is 6. The van der Waals surface area contributed by atoms with Crippen molar-refractivity contribution >= 4 is 35.8 Å². The predicted octanol–water partition coefficient (Wildman–Crippen LogP) is 2.97. The molecule has 13 rings (SSSR count). The summed E-state index contributed by atoms with van der Waals surface area (Å²) in [6, 6.07) is 19.2. The maximum atomic E-state index is 15.4. The standard InChI is InChI=1S/C78H96N12O18/c91-73(55-1-7-61(79-49-55)13-19-85-25-37-97-38-26-85)103-67-68(104-74(92)56-2-8-62(80-50-56)14-20-86-27-39-98-40-28-86)70(106-76(94)58-4-10-64(82-52-58)16-22-88-31-43-100-44-32-88)72(108-78(96)60-6-12-66(84-54-60)18-24-90-35-47-102-48-36-90)71(107-77(95)59-5-11-65(83-53-59)17-23-89-33-45-101-46-34-89)69(67)105-75(93)57-3-9-63(81-51-57)15-21-87-29-41-99-42-30-87/h1-12,49-54,67-72H,13-48H2. The molecule has 12 heterocycles. The first kappa shape index (κ1) is 77.4. The number of hydrogen-bond acceptors (Lipinski definition) is 30. The lowest BCUT2D eigenvalue weighted by Crippen LogP contribution is -2.69. The Labute approximate surface area is 627 Å². The summed E-state index contributed by atoms with van der Waals surface area (Å²) in [6.07, 6.45) is -1.42. The van der Waals surface area contributed by atoms with Gasteiger partial charge in [-0.25, -0.2) is 28.8 Å². The molecule has 108 heavy (non-hydrogen) atoms. The van der Waals surface area contributed by atoms with Crippen LogP contribution in [0.4, 0.5) is 0 Å². The van der Waals surface area contributed by atoms with E-state index >= 15 is 28.8 Å². The van der Waals surface area contributed by atoms with Crippen molar-refractivity contribution in [3.63, 3.8) is 0 Å². The molecule has 0 radical (unpaired) electrons. The zero-order chi connectivity index (χ0) is 74.2. The van der Waals surface area contributed by atoms with E-state index in [1.54, 1.807) is 36.4 Å². The topological polar surface area (TPSA) is 310 Å². The highest BCUT2D eigenvalue weighted by molar-refractivity contribution is 5.93. The molecule has 0 amide bonds. The third-order valence-corrected chi connectivity index (χ3v) is 20.5. The minimum absolute atomic E-state index is 0.0925. The summed E-state index contributed by atoms with van der Waals surface area (Å²) in [5.74, 6) is -6.47. The Bertz CT molecular complexity index is 3190. The zero-order valence-corrected chi connectivity index (χ0v) is 61.0. The van der Waals surface area contributed by atoms with Gasteiger partial charge in [-0.05, 0) is 72.8 Å². The van der Waals surface area contributed by atoms with Crippen LogP contribution in [0.25, 0.3) is 0 Å². The largest absolute Gasteiger partial charge is 0.450 e. The van der Waals surface area contributed by atoms with Crippen molar-refractivity contribution in [2.45, 2.75) is 75.1 Å². The third kappa shape index (κ3) is 22.2. The number of ether oxygens (including phenoxy) is 12.